The van der Waals surface area contributed by atoms with Gasteiger partial charge in [-0.15, -0.1) is 12.4 Å². The summed E-state index contributed by atoms with van der Waals surface area (Å²) < 4.78 is 10.6. The van der Waals surface area contributed by atoms with Crippen LogP contribution in [0.25, 0.3) is 0 Å². The Morgan fingerprint density at radius 1 is 1.17 bits per heavy atom. The van der Waals surface area contributed by atoms with Crippen LogP contribution < -0.4 is 19.7 Å². The van der Waals surface area contributed by atoms with Crippen LogP contribution in [0.3, 0.4) is 0 Å². The van der Waals surface area contributed by atoms with Gasteiger partial charge in [0.25, 0.3) is 0 Å². The molecule has 2 unspecified atom stereocenters. The summed E-state index contributed by atoms with van der Waals surface area (Å²) in [6.45, 7) is 2.56. The number of nitrogens with one attached hydrogen (secondary N) is 1. The normalized spacial score (nSPS) is 24.8. The molecule has 1 aromatic carbocycles. The van der Waals surface area contributed by atoms with E-state index < -0.39 is 6.04 Å². The van der Waals surface area contributed by atoms with Crippen molar-refractivity contribution >= 4 is 29.9 Å². The summed E-state index contributed by atoms with van der Waals surface area (Å²) in [6.07, 6.45) is 3.73. The highest BCUT2D eigenvalue weighted by atomic mass is 35.5. The number of amides is 2. The first-order chi connectivity index (χ1) is 13.5. The highest BCUT2D eigenvalue weighted by molar-refractivity contribution is 6.02. The van der Waals surface area contributed by atoms with Crippen LogP contribution >= 0.6 is 12.4 Å². The molecule has 29 heavy (non-hydrogen) atoms. The molecule has 2 saturated heterocycles. The Bertz CT molecular complexity index is 759. The fourth-order valence-electron chi connectivity index (χ4n) is 4.80. The number of benzene rings is 1. The topological polar surface area (TPSA) is 71.1 Å². The zero-order valence-corrected chi connectivity index (χ0v) is 18.1. The largest absolute Gasteiger partial charge is 0.497 e. The molecule has 0 radical (unpaired) electrons. The first-order valence-corrected chi connectivity index (χ1v) is 10.0. The van der Waals surface area contributed by atoms with E-state index in [4.69, 9.17) is 9.47 Å². The van der Waals surface area contributed by atoms with E-state index in [0.29, 0.717) is 24.5 Å². The Kier molecular flexibility index (Phi) is 6.29. The van der Waals surface area contributed by atoms with Gasteiger partial charge in [0, 0.05) is 37.7 Å². The van der Waals surface area contributed by atoms with Gasteiger partial charge in [0.2, 0.25) is 11.8 Å². The Labute approximate surface area is 178 Å². The van der Waals surface area contributed by atoms with Crippen LogP contribution in [0.15, 0.2) is 18.2 Å². The number of methoxy groups -OCH3 is 2. The fourth-order valence-corrected chi connectivity index (χ4v) is 4.80. The molecule has 3 aliphatic rings. The number of hydrogen-bond acceptors (Lipinski definition) is 5. The Balaban J connectivity index is 0.00000240. The average molecular weight is 424 g/mol. The molecular weight excluding hydrogens is 394 g/mol. The van der Waals surface area contributed by atoms with Gasteiger partial charge >= 0.3 is 0 Å². The van der Waals surface area contributed by atoms with Crippen molar-refractivity contribution < 1.29 is 19.1 Å². The quantitative estimate of drug-likeness (QED) is 0.785. The SMILES string of the molecule is COc1cc(OC)cc(N2CCC(N(C)C(=O)C3CC34CCNCC4)C2=O)c1.Cl. The summed E-state index contributed by atoms with van der Waals surface area (Å²) in [7, 11) is 4.96. The number of carbonyl (C=O) groups is 2. The number of nitrogens with zero attached hydrogens (tertiary/aromatic N) is 2. The number of rotatable bonds is 5. The van der Waals surface area contributed by atoms with Crippen molar-refractivity contribution in [1.29, 1.82) is 0 Å². The van der Waals surface area contributed by atoms with Crippen LogP contribution in [0, 0.1) is 11.3 Å². The van der Waals surface area contributed by atoms with Gasteiger partial charge in [0.1, 0.15) is 17.5 Å². The van der Waals surface area contributed by atoms with Crippen LogP contribution in [0.5, 0.6) is 11.5 Å². The molecule has 1 aliphatic carbocycles. The molecule has 2 heterocycles. The molecule has 160 valence electrons. The summed E-state index contributed by atoms with van der Waals surface area (Å²) in [6, 6.07) is 5.04. The molecule has 1 N–H and O–H groups in total. The fraction of sp³-hybridized carbons (Fsp3) is 0.619. The summed E-state index contributed by atoms with van der Waals surface area (Å²) in [5.74, 6) is 1.46. The molecular formula is C21H30ClN3O4. The summed E-state index contributed by atoms with van der Waals surface area (Å²) in [5.41, 5.74) is 0.920. The number of hydrogen-bond donors (Lipinski definition) is 1. The molecule has 1 saturated carbocycles. The monoisotopic (exact) mass is 423 g/mol. The van der Waals surface area contributed by atoms with Crippen LogP contribution in [0.1, 0.15) is 25.7 Å². The van der Waals surface area contributed by atoms with E-state index in [1.807, 2.05) is 12.1 Å². The lowest BCUT2D eigenvalue weighted by molar-refractivity contribution is -0.138. The van der Waals surface area contributed by atoms with E-state index in [0.717, 1.165) is 38.0 Å². The van der Waals surface area contributed by atoms with Crippen molar-refractivity contribution in [3.63, 3.8) is 0 Å². The predicted octanol–water partition coefficient (Wildman–Crippen LogP) is 2.08. The summed E-state index contributed by atoms with van der Waals surface area (Å²) in [4.78, 5) is 29.6. The van der Waals surface area contributed by atoms with E-state index in [1.54, 1.807) is 37.1 Å². The minimum Gasteiger partial charge on any atom is -0.497 e. The standard InChI is InChI=1S/C21H29N3O4.ClH/c1-23(19(25)17-13-21(17)5-7-22-8-6-21)18-4-9-24(20(18)26)14-10-15(27-2)12-16(11-14)28-3;/h10-12,17-18,22H,4-9,13H2,1-3H3;1H. The maximum atomic E-state index is 13.1. The van der Waals surface area contributed by atoms with Crippen LogP contribution in [0.4, 0.5) is 5.69 Å². The van der Waals surface area contributed by atoms with Gasteiger partial charge in [0.05, 0.1) is 19.9 Å². The van der Waals surface area contributed by atoms with E-state index in [2.05, 4.69) is 5.32 Å². The van der Waals surface area contributed by atoms with Crippen molar-refractivity contribution in [1.82, 2.24) is 10.2 Å². The summed E-state index contributed by atoms with van der Waals surface area (Å²) >= 11 is 0. The molecule has 1 aromatic rings. The first-order valence-electron chi connectivity index (χ1n) is 10.0. The molecule has 1 spiro atoms. The third-order valence-corrected chi connectivity index (χ3v) is 6.73. The number of carbonyl (C=O) groups excluding carboxylic acids is 2. The van der Waals surface area contributed by atoms with Crippen molar-refractivity contribution in [2.24, 2.45) is 11.3 Å². The Morgan fingerprint density at radius 2 is 1.79 bits per heavy atom. The third kappa shape index (κ3) is 3.90. The van der Waals surface area contributed by atoms with Crippen LogP contribution in [-0.4, -0.2) is 63.7 Å². The van der Waals surface area contributed by atoms with Gasteiger partial charge < -0.3 is 24.6 Å². The summed E-state index contributed by atoms with van der Waals surface area (Å²) in [5, 5.41) is 3.37. The molecule has 4 rings (SSSR count). The molecule has 2 amide bonds. The van der Waals surface area contributed by atoms with Crippen molar-refractivity contribution in [2.45, 2.75) is 31.7 Å². The molecule has 3 fully saturated rings. The lowest BCUT2D eigenvalue weighted by atomic mass is 9.91. The number of ether oxygens (including phenoxy) is 2. The van der Waals surface area contributed by atoms with Crippen molar-refractivity contribution in [2.75, 3.05) is 45.8 Å². The molecule has 7 nitrogen and oxygen atoms in total. The molecule has 2 atom stereocenters. The highest BCUT2D eigenvalue weighted by Gasteiger charge is 2.59. The zero-order chi connectivity index (χ0) is 19.9. The minimum atomic E-state index is -0.399. The number of halogens is 1. The van der Waals surface area contributed by atoms with Crippen molar-refractivity contribution in [3.8, 4) is 11.5 Å². The number of piperidine rings is 1. The van der Waals surface area contributed by atoms with Gasteiger partial charge in [-0.05, 0) is 44.2 Å². The van der Waals surface area contributed by atoms with Gasteiger partial charge in [-0.2, -0.15) is 0 Å². The van der Waals surface area contributed by atoms with E-state index in [-0.39, 0.29) is 35.6 Å². The Morgan fingerprint density at radius 3 is 2.38 bits per heavy atom. The second kappa shape index (κ2) is 8.40. The zero-order valence-electron chi connectivity index (χ0n) is 17.3. The lowest BCUT2D eigenvalue weighted by Crippen LogP contribution is -2.44. The molecule has 8 heteroatoms. The van der Waals surface area contributed by atoms with E-state index in [9.17, 15) is 9.59 Å². The van der Waals surface area contributed by atoms with Gasteiger partial charge in [0.15, 0.2) is 0 Å². The lowest BCUT2D eigenvalue weighted by Gasteiger charge is -2.27. The van der Waals surface area contributed by atoms with Crippen LogP contribution in [-0.2, 0) is 9.59 Å². The molecule has 0 bridgehead atoms. The van der Waals surface area contributed by atoms with E-state index in [1.165, 1.54) is 0 Å². The first kappa shape index (κ1) is 21.7. The number of likely N-dealkylation sites (N-methyl/N-ethyl adjacent to an activating group) is 1. The molecule has 2 aliphatic heterocycles. The van der Waals surface area contributed by atoms with Crippen LogP contribution in [0.2, 0.25) is 0 Å². The van der Waals surface area contributed by atoms with Crippen molar-refractivity contribution in [3.05, 3.63) is 18.2 Å². The minimum absolute atomic E-state index is 0. The van der Waals surface area contributed by atoms with Gasteiger partial charge in [-0.3, -0.25) is 9.59 Å². The van der Waals surface area contributed by atoms with Gasteiger partial charge in [-0.1, -0.05) is 0 Å². The smallest absolute Gasteiger partial charge is 0.249 e. The second-order valence-electron chi connectivity index (χ2n) is 8.18. The highest BCUT2D eigenvalue weighted by Crippen LogP contribution is 2.59. The Hall–Kier alpha value is -1.99. The average Bonchev–Trinajstić information content (AvgIpc) is 3.27. The van der Waals surface area contributed by atoms with Gasteiger partial charge in [-0.25, -0.2) is 0 Å². The maximum Gasteiger partial charge on any atom is 0.249 e. The third-order valence-electron chi connectivity index (χ3n) is 6.73. The predicted molar refractivity (Wildman–Crippen MR) is 113 cm³/mol. The molecule has 0 aromatic heterocycles. The second-order valence-corrected chi connectivity index (χ2v) is 8.18. The number of anilines is 1. The maximum absolute atomic E-state index is 13.1. The van der Waals surface area contributed by atoms with E-state index >= 15 is 0 Å².